The van der Waals surface area contributed by atoms with Crippen LogP contribution in [0.4, 0.5) is 0 Å². The third-order valence-electron chi connectivity index (χ3n) is 5.56. The van der Waals surface area contributed by atoms with Gasteiger partial charge in [-0.05, 0) is 50.1 Å². The lowest BCUT2D eigenvalue weighted by atomic mass is 9.93. The minimum Gasteiger partial charge on any atom is -0.332 e. The second-order valence-corrected chi connectivity index (χ2v) is 9.24. The third kappa shape index (κ3) is 4.71. The monoisotopic (exact) mass is 419 g/mol. The van der Waals surface area contributed by atoms with Gasteiger partial charge in [0.1, 0.15) is 5.82 Å². The number of carbonyl (C=O) groups is 1. The Hall–Kier alpha value is -2.95. The molecule has 0 N–H and O–H groups in total. The van der Waals surface area contributed by atoms with Crippen LogP contribution in [0.25, 0.3) is 16.6 Å². The summed E-state index contributed by atoms with van der Waals surface area (Å²) in [4.78, 5) is 33.7. The van der Waals surface area contributed by atoms with E-state index in [-0.39, 0.29) is 17.5 Å². The van der Waals surface area contributed by atoms with Gasteiger partial charge in [-0.2, -0.15) is 0 Å². The maximum absolute atomic E-state index is 13.6. The number of rotatable bonds is 6. The van der Waals surface area contributed by atoms with Gasteiger partial charge in [-0.1, -0.05) is 58.4 Å². The van der Waals surface area contributed by atoms with Crippen molar-refractivity contribution >= 4 is 16.8 Å². The van der Waals surface area contributed by atoms with E-state index in [1.54, 1.807) is 10.6 Å². The number of aryl methyl sites for hydroxylation is 1. The number of fused-ring (bicyclic) bond motifs is 1. The Balaban J connectivity index is 2.26. The van der Waals surface area contributed by atoms with Gasteiger partial charge in [-0.25, -0.2) is 4.98 Å². The Morgan fingerprint density at radius 1 is 1.13 bits per heavy atom. The Labute approximate surface area is 184 Å². The van der Waals surface area contributed by atoms with E-state index >= 15 is 0 Å². The number of benzene rings is 2. The Morgan fingerprint density at radius 3 is 2.48 bits per heavy atom. The van der Waals surface area contributed by atoms with Crippen molar-refractivity contribution in [2.24, 2.45) is 5.41 Å². The number of nitrogens with zero attached hydrogens (tertiary/aromatic N) is 3. The molecule has 3 aromatic rings. The lowest BCUT2D eigenvalue weighted by molar-refractivity contribution is -0.142. The molecule has 5 heteroatoms. The zero-order chi connectivity index (χ0) is 22.8. The Kier molecular flexibility index (Phi) is 6.63. The highest BCUT2D eigenvalue weighted by Crippen LogP contribution is 2.28. The summed E-state index contributed by atoms with van der Waals surface area (Å²) in [6.45, 7) is 12.5. The van der Waals surface area contributed by atoms with Crippen molar-refractivity contribution in [2.45, 2.75) is 60.4 Å². The van der Waals surface area contributed by atoms with Crippen LogP contribution in [0.1, 0.15) is 64.9 Å². The fraction of sp³-hybridized carbons (Fsp3) is 0.423. The standard InChI is InChI=1S/C26H33N3O2/c1-7-8-16-28(25(31)26(4,5)6)19(3)23-27-22-15-10-9-14-21(22)24(30)29(23)20-13-11-12-18(2)17-20/h9-15,17,19H,7-8,16H2,1-6H3. The zero-order valence-electron chi connectivity index (χ0n) is 19.5. The van der Waals surface area contributed by atoms with Gasteiger partial charge in [0, 0.05) is 12.0 Å². The lowest BCUT2D eigenvalue weighted by Crippen LogP contribution is -2.43. The first-order valence-corrected chi connectivity index (χ1v) is 11.0. The van der Waals surface area contributed by atoms with Crippen molar-refractivity contribution in [2.75, 3.05) is 6.54 Å². The first-order chi connectivity index (χ1) is 14.6. The van der Waals surface area contributed by atoms with Gasteiger partial charge in [-0.3, -0.25) is 14.2 Å². The van der Waals surface area contributed by atoms with Crippen LogP contribution in [0.3, 0.4) is 0 Å². The van der Waals surface area contributed by atoms with Crippen molar-refractivity contribution in [3.63, 3.8) is 0 Å². The van der Waals surface area contributed by atoms with Crippen LogP contribution in [0.15, 0.2) is 53.3 Å². The van der Waals surface area contributed by atoms with Crippen LogP contribution < -0.4 is 5.56 Å². The zero-order valence-corrected chi connectivity index (χ0v) is 19.5. The average Bonchev–Trinajstić information content (AvgIpc) is 2.73. The van der Waals surface area contributed by atoms with Gasteiger partial charge < -0.3 is 4.90 Å². The van der Waals surface area contributed by atoms with E-state index in [1.807, 2.05) is 82.0 Å². The SMILES string of the molecule is CCCCN(C(=O)C(C)(C)C)C(C)c1nc2ccccc2c(=O)n1-c1cccc(C)c1. The van der Waals surface area contributed by atoms with E-state index < -0.39 is 5.41 Å². The molecule has 0 fully saturated rings. The molecule has 0 aliphatic heterocycles. The number of hydrogen-bond acceptors (Lipinski definition) is 3. The third-order valence-corrected chi connectivity index (χ3v) is 5.56. The molecule has 0 bridgehead atoms. The van der Waals surface area contributed by atoms with Crippen molar-refractivity contribution in [1.29, 1.82) is 0 Å². The fourth-order valence-corrected chi connectivity index (χ4v) is 3.82. The first-order valence-electron chi connectivity index (χ1n) is 11.0. The molecule has 1 atom stereocenters. The van der Waals surface area contributed by atoms with E-state index in [0.29, 0.717) is 23.3 Å². The predicted molar refractivity (Wildman–Crippen MR) is 127 cm³/mol. The average molecular weight is 420 g/mol. The highest BCUT2D eigenvalue weighted by molar-refractivity contribution is 5.82. The molecule has 0 radical (unpaired) electrons. The Morgan fingerprint density at radius 2 is 1.84 bits per heavy atom. The van der Waals surface area contributed by atoms with Gasteiger partial charge in [0.2, 0.25) is 5.91 Å². The van der Waals surface area contributed by atoms with Gasteiger partial charge in [0.05, 0.1) is 22.6 Å². The largest absolute Gasteiger partial charge is 0.332 e. The van der Waals surface area contributed by atoms with Crippen LogP contribution in [0.5, 0.6) is 0 Å². The van der Waals surface area contributed by atoms with Gasteiger partial charge in [-0.15, -0.1) is 0 Å². The van der Waals surface area contributed by atoms with Crippen molar-refractivity contribution in [3.8, 4) is 5.69 Å². The molecule has 5 nitrogen and oxygen atoms in total. The van der Waals surface area contributed by atoms with Crippen LogP contribution in [-0.4, -0.2) is 26.9 Å². The van der Waals surface area contributed by atoms with E-state index in [9.17, 15) is 9.59 Å². The maximum Gasteiger partial charge on any atom is 0.266 e. The smallest absolute Gasteiger partial charge is 0.266 e. The maximum atomic E-state index is 13.6. The Bertz CT molecular complexity index is 1140. The molecule has 3 rings (SSSR count). The highest BCUT2D eigenvalue weighted by Gasteiger charge is 2.32. The predicted octanol–water partition coefficient (Wildman–Crippen LogP) is 5.43. The molecule has 0 saturated carbocycles. The number of hydrogen-bond donors (Lipinski definition) is 0. The lowest BCUT2D eigenvalue weighted by Gasteiger charge is -2.35. The summed E-state index contributed by atoms with van der Waals surface area (Å²) in [7, 11) is 0. The molecule has 0 saturated heterocycles. The van der Waals surface area contributed by atoms with Crippen LogP contribution >= 0.6 is 0 Å². The normalized spacial score (nSPS) is 12.7. The molecule has 31 heavy (non-hydrogen) atoms. The summed E-state index contributed by atoms with van der Waals surface area (Å²) in [5, 5.41) is 0.571. The molecule has 1 heterocycles. The molecular weight excluding hydrogens is 386 g/mol. The fourth-order valence-electron chi connectivity index (χ4n) is 3.82. The van der Waals surface area contributed by atoms with Gasteiger partial charge >= 0.3 is 0 Å². The van der Waals surface area contributed by atoms with Crippen LogP contribution in [0, 0.1) is 12.3 Å². The second kappa shape index (κ2) is 9.04. The van der Waals surface area contributed by atoms with E-state index in [2.05, 4.69) is 6.92 Å². The molecule has 2 aromatic carbocycles. The molecule has 0 aliphatic rings. The molecule has 1 unspecified atom stereocenters. The molecule has 1 aromatic heterocycles. The minimum absolute atomic E-state index is 0.0617. The number of amides is 1. The summed E-state index contributed by atoms with van der Waals surface area (Å²) in [5.41, 5.74) is 1.84. The second-order valence-electron chi connectivity index (χ2n) is 9.24. The molecule has 0 spiro atoms. The number of aromatic nitrogens is 2. The molecule has 164 valence electrons. The summed E-state index contributed by atoms with van der Waals surface area (Å²) < 4.78 is 1.68. The highest BCUT2D eigenvalue weighted by atomic mass is 16.2. The summed E-state index contributed by atoms with van der Waals surface area (Å²) >= 11 is 0. The van der Waals surface area contributed by atoms with Gasteiger partial charge in [0.25, 0.3) is 5.56 Å². The number of unbranched alkanes of at least 4 members (excludes halogenated alkanes) is 1. The van der Waals surface area contributed by atoms with Crippen molar-refractivity contribution < 1.29 is 4.79 Å². The molecule has 1 amide bonds. The van der Waals surface area contributed by atoms with Gasteiger partial charge in [0.15, 0.2) is 0 Å². The molecule has 0 aliphatic carbocycles. The molecular formula is C26H33N3O2. The van der Waals surface area contributed by atoms with E-state index in [0.717, 1.165) is 24.1 Å². The summed E-state index contributed by atoms with van der Waals surface area (Å²) in [6.07, 6.45) is 1.88. The topological polar surface area (TPSA) is 55.2 Å². The minimum atomic E-state index is -0.521. The number of para-hydroxylation sites is 1. The van der Waals surface area contributed by atoms with Crippen LogP contribution in [-0.2, 0) is 4.79 Å². The quantitative estimate of drug-likeness (QED) is 0.535. The first kappa shape index (κ1) is 22.7. The van der Waals surface area contributed by atoms with E-state index in [4.69, 9.17) is 4.98 Å². The van der Waals surface area contributed by atoms with E-state index in [1.165, 1.54) is 0 Å². The number of carbonyl (C=O) groups excluding carboxylic acids is 1. The van der Waals surface area contributed by atoms with Crippen molar-refractivity contribution in [1.82, 2.24) is 14.5 Å². The van der Waals surface area contributed by atoms with Crippen molar-refractivity contribution in [3.05, 3.63) is 70.3 Å². The summed E-state index contributed by atoms with van der Waals surface area (Å²) in [5.74, 6) is 0.648. The summed E-state index contributed by atoms with van der Waals surface area (Å²) in [6, 6.07) is 14.9. The van der Waals surface area contributed by atoms with Crippen LogP contribution in [0.2, 0.25) is 0 Å².